The number of nitrogens with one attached hydrogen (secondary N) is 1. The molecule has 0 spiro atoms. The van der Waals surface area contributed by atoms with E-state index in [1.54, 1.807) is 0 Å². The number of amides is 2. The van der Waals surface area contributed by atoms with Gasteiger partial charge < -0.3 is 9.52 Å². The number of hydrogen-bond donors (Lipinski definition) is 2. The zero-order valence-corrected chi connectivity index (χ0v) is 12.2. The van der Waals surface area contributed by atoms with Crippen LogP contribution in [0.3, 0.4) is 0 Å². The zero-order chi connectivity index (χ0) is 16.6. The van der Waals surface area contributed by atoms with Crippen LogP contribution in [0.2, 0.25) is 0 Å². The number of oxazole rings is 1. The first-order valence-corrected chi connectivity index (χ1v) is 7.29. The summed E-state index contributed by atoms with van der Waals surface area (Å²) in [7, 11) is 0. The van der Waals surface area contributed by atoms with Crippen LogP contribution < -0.4 is 11.1 Å². The Balaban J connectivity index is 2.12. The third kappa shape index (κ3) is 2.77. The fourth-order valence-corrected chi connectivity index (χ4v) is 2.84. The van der Waals surface area contributed by atoms with Crippen LogP contribution in [0.5, 0.6) is 0 Å². The van der Waals surface area contributed by atoms with Gasteiger partial charge in [0.05, 0.1) is 5.52 Å². The Morgan fingerprint density at radius 1 is 1.35 bits per heavy atom. The lowest BCUT2D eigenvalue weighted by molar-refractivity contribution is -0.135. The number of piperidine rings is 1. The molecule has 2 heterocycles. The lowest BCUT2D eigenvalue weighted by Crippen LogP contribution is -2.43. The van der Waals surface area contributed by atoms with Crippen LogP contribution in [-0.2, 0) is 16.0 Å². The number of benzene rings is 1. The first-order chi connectivity index (χ1) is 11.0. The Kier molecular flexibility index (Phi) is 3.99. The Bertz CT molecular complexity index is 838. The summed E-state index contributed by atoms with van der Waals surface area (Å²) in [6.07, 6.45) is 0.989. The van der Waals surface area contributed by atoms with Crippen molar-refractivity contribution in [2.45, 2.75) is 31.7 Å². The van der Waals surface area contributed by atoms with Crippen molar-refractivity contribution in [3.8, 4) is 0 Å². The van der Waals surface area contributed by atoms with Crippen molar-refractivity contribution in [1.82, 2.24) is 9.88 Å². The molecule has 1 fully saturated rings. The number of aliphatic hydroxyl groups excluding tert-OH is 1. The summed E-state index contributed by atoms with van der Waals surface area (Å²) >= 11 is 0. The molecule has 8 heteroatoms. The normalized spacial score (nSPS) is 18.4. The maximum Gasteiger partial charge on any atom is 0.420 e. The highest BCUT2D eigenvalue weighted by Gasteiger charge is 2.31. The number of fused-ring (bicyclic) bond motifs is 1. The minimum atomic E-state index is -0.908. The second kappa shape index (κ2) is 5.96. The molecule has 7 nitrogen and oxygen atoms in total. The quantitative estimate of drug-likeness (QED) is 0.804. The van der Waals surface area contributed by atoms with Crippen molar-refractivity contribution in [1.29, 1.82) is 0 Å². The molecule has 0 saturated carbocycles. The molecule has 0 radical (unpaired) electrons. The molecular formula is C15H15FN2O5. The Hall–Kier alpha value is -2.48. The second-order valence-electron chi connectivity index (χ2n) is 5.45. The van der Waals surface area contributed by atoms with Crippen molar-refractivity contribution in [3.05, 3.63) is 34.1 Å². The van der Waals surface area contributed by atoms with E-state index < -0.39 is 29.4 Å². The number of imide groups is 1. The highest BCUT2D eigenvalue weighted by atomic mass is 19.1. The SMILES string of the molecule is O=C1CCC(n2c(=O)oc3c(CCCO)cc(F)cc32)C(=O)N1. The summed E-state index contributed by atoms with van der Waals surface area (Å²) in [6.45, 7) is -0.0733. The standard InChI is InChI=1S/C15H15FN2O5/c16-9-6-8(2-1-5-19)13-11(7-9)18(15(22)23-13)10-3-4-12(20)17-14(10)21/h6-7,10,19H,1-5H2,(H,17,20,21). The van der Waals surface area contributed by atoms with E-state index in [-0.39, 0.29) is 30.5 Å². The number of aromatic nitrogens is 1. The summed E-state index contributed by atoms with van der Waals surface area (Å²) in [5, 5.41) is 11.1. The van der Waals surface area contributed by atoms with Crippen molar-refractivity contribution in [2.24, 2.45) is 0 Å². The summed E-state index contributed by atoms with van der Waals surface area (Å²) in [4.78, 5) is 35.4. The number of rotatable bonds is 4. The van der Waals surface area contributed by atoms with Gasteiger partial charge in [-0.2, -0.15) is 0 Å². The monoisotopic (exact) mass is 322 g/mol. The van der Waals surface area contributed by atoms with Crippen molar-refractivity contribution in [2.75, 3.05) is 6.61 Å². The molecule has 3 rings (SSSR count). The van der Waals surface area contributed by atoms with E-state index in [2.05, 4.69) is 5.32 Å². The van der Waals surface area contributed by atoms with Crippen LogP contribution in [0.4, 0.5) is 4.39 Å². The van der Waals surface area contributed by atoms with E-state index in [0.29, 0.717) is 18.4 Å². The van der Waals surface area contributed by atoms with Crippen molar-refractivity contribution < 1.29 is 23.5 Å². The Morgan fingerprint density at radius 3 is 2.83 bits per heavy atom. The maximum absolute atomic E-state index is 13.9. The van der Waals surface area contributed by atoms with Gasteiger partial charge in [-0.1, -0.05) is 0 Å². The molecule has 2 amide bonds. The van der Waals surface area contributed by atoms with Crippen molar-refractivity contribution >= 4 is 22.9 Å². The smallest absolute Gasteiger partial charge is 0.407 e. The zero-order valence-electron chi connectivity index (χ0n) is 12.2. The predicted molar refractivity (Wildman–Crippen MR) is 77.3 cm³/mol. The van der Waals surface area contributed by atoms with Gasteiger partial charge in [-0.25, -0.2) is 9.18 Å². The van der Waals surface area contributed by atoms with Crippen LogP contribution in [0.25, 0.3) is 11.1 Å². The van der Waals surface area contributed by atoms with Crippen LogP contribution in [0, 0.1) is 5.82 Å². The van der Waals surface area contributed by atoms with Gasteiger partial charge in [0.15, 0.2) is 5.58 Å². The average molecular weight is 322 g/mol. The summed E-state index contributed by atoms with van der Waals surface area (Å²) in [5.74, 6) is -2.34. The molecule has 1 saturated heterocycles. The molecule has 1 aliphatic rings. The molecular weight excluding hydrogens is 307 g/mol. The number of carbonyl (C=O) groups is 2. The molecule has 0 aliphatic carbocycles. The lowest BCUT2D eigenvalue weighted by atomic mass is 10.0. The fraction of sp³-hybridized carbons (Fsp3) is 0.400. The molecule has 23 heavy (non-hydrogen) atoms. The Labute approximate surface area is 129 Å². The topological polar surface area (TPSA) is 102 Å². The van der Waals surface area contributed by atoms with E-state index in [4.69, 9.17) is 9.52 Å². The third-order valence-corrected chi connectivity index (χ3v) is 3.88. The minimum Gasteiger partial charge on any atom is -0.407 e. The lowest BCUT2D eigenvalue weighted by Gasteiger charge is -2.21. The molecule has 0 bridgehead atoms. The highest BCUT2D eigenvalue weighted by Crippen LogP contribution is 2.26. The number of halogens is 1. The highest BCUT2D eigenvalue weighted by molar-refractivity contribution is 6.00. The van der Waals surface area contributed by atoms with Gasteiger partial charge >= 0.3 is 5.76 Å². The molecule has 122 valence electrons. The van der Waals surface area contributed by atoms with Crippen molar-refractivity contribution in [3.63, 3.8) is 0 Å². The van der Waals surface area contributed by atoms with E-state index in [9.17, 15) is 18.8 Å². The third-order valence-electron chi connectivity index (χ3n) is 3.88. The van der Waals surface area contributed by atoms with Gasteiger partial charge in [-0.3, -0.25) is 19.5 Å². The first-order valence-electron chi connectivity index (χ1n) is 7.29. The van der Waals surface area contributed by atoms with Crippen LogP contribution in [-0.4, -0.2) is 28.1 Å². The number of hydrogen-bond acceptors (Lipinski definition) is 5. The summed E-state index contributed by atoms with van der Waals surface area (Å²) in [6, 6.07) is 1.47. The molecule has 1 unspecified atom stereocenters. The molecule has 2 aromatic rings. The van der Waals surface area contributed by atoms with E-state index in [1.807, 2.05) is 0 Å². The fourth-order valence-electron chi connectivity index (χ4n) is 2.84. The van der Waals surface area contributed by atoms with Gasteiger partial charge in [-0.05, 0) is 25.3 Å². The van der Waals surface area contributed by atoms with Gasteiger partial charge in [0, 0.05) is 24.7 Å². The molecule has 1 aromatic carbocycles. The molecule has 1 aliphatic heterocycles. The number of nitrogens with zero attached hydrogens (tertiary/aromatic N) is 1. The first kappa shape index (κ1) is 15.4. The molecule has 1 atom stereocenters. The van der Waals surface area contributed by atoms with Gasteiger partial charge in [0.2, 0.25) is 11.8 Å². The molecule has 2 N–H and O–H groups in total. The average Bonchev–Trinajstić information content (AvgIpc) is 2.81. The summed E-state index contributed by atoms with van der Waals surface area (Å²) in [5.41, 5.74) is 0.837. The van der Waals surface area contributed by atoms with Crippen LogP contribution in [0.1, 0.15) is 30.9 Å². The summed E-state index contributed by atoms with van der Waals surface area (Å²) < 4.78 is 20.2. The predicted octanol–water partition coefficient (Wildman–Crippen LogP) is 0.636. The molecule has 1 aromatic heterocycles. The number of aryl methyl sites for hydroxylation is 1. The number of carbonyl (C=O) groups excluding carboxylic acids is 2. The van der Waals surface area contributed by atoms with Gasteiger partial charge in [0.25, 0.3) is 0 Å². The van der Waals surface area contributed by atoms with Crippen LogP contribution in [0.15, 0.2) is 21.3 Å². The minimum absolute atomic E-state index is 0.0733. The van der Waals surface area contributed by atoms with Gasteiger partial charge in [-0.15, -0.1) is 0 Å². The maximum atomic E-state index is 13.9. The van der Waals surface area contributed by atoms with Gasteiger partial charge in [0.1, 0.15) is 11.9 Å². The second-order valence-corrected chi connectivity index (χ2v) is 5.45. The van der Waals surface area contributed by atoms with E-state index >= 15 is 0 Å². The Morgan fingerprint density at radius 2 is 2.13 bits per heavy atom. The largest absolute Gasteiger partial charge is 0.420 e. The van der Waals surface area contributed by atoms with E-state index in [0.717, 1.165) is 10.6 Å². The van der Waals surface area contributed by atoms with Crippen LogP contribution >= 0.6 is 0 Å². The van der Waals surface area contributed by atoms with E-state index in [1.165, 1.54) is 6.07 Å². The number of aliphatic hydroxyl groups is 1.